The van der Waals surface area contributed by atoms with Crippen LogP contribution < -0.4 is 5.73 Å². The summed E-state index contributed by atoms with van der Waals surface area (Å²) in [5.41, 5.74) is 9.05. The van der Waals surface area contributed by atoms with Crippen LogP contribution in [0.3, 0.4) is 0 Å². The van der Waals surface area contributed by atoms with E-state index in [1.165, 1.54) is 56.1 Å². The molecule has 1 saturated carbocycles. The van der Waals surface area contributed by atoms with Gasteiger partial charge in [0.15, 0.2) is 0 Å². The molecule has 1 fully saturated rings. The molecule has 0 saturated heterocycles. The van der Waals surface area contributed by atoms with Crippen molar-refractivity contribution in [2.75, 3.05) is 0 Å². The summed E-state index contributed by atoms with van der Waals surface area (Å²) in [5.74, 6) is 0.875. The lowest BCUT2D eigenvalue weighted by Gasteiger charge is -2.17. The van der Waals surface area contributed by atoms with Crippen molar-refractivity contribution in [1.82, 2.24) is 0 Å². The molecule has 1 aromatic rings. The van der Waals surface area contributed by atoms with E-state index in [1.807, 2.05) is 0 Å². The Hall–Kier alpha value is -0.820. The first-order valence-corrected chi connectivity index (χ1v) is 7.14. The van der Waals surface area contributed by atoms with Crippen LogP contribution in [-0.2, 0) is 6.42 Å². The van der Waals surface area contributed by atoms with E-state index >= 15 is 0 Å². The average molecular weight is 231 g/mol. The Kier molecular flexibility index (Phi) is 4.61. The number of benzene rings is 1. The summed E-state index contributed by atoms with van der Waals surface area (Å²) in [6.45, 7) is 2.22. The Morgan fingerprint density at radius 1 is 1.18 bits per heavy atom. The summed E-state index contributed by atoms with van der Waals surface area (Å²) in [7, 11) is 0. The predicted molar refractivity (Wildman–Crippen MR) is 73.9 cm³/mol. The fourth-order valence-corrected chi connectivity index (χ4v) is 2.96. The van der Waals surface area contributed by atoms with Gasteiger partial charge in [-0.1, -0.05) is 63.3 Å². The number of hydrogen-bond donors (Lipinski definition) is 1. The van der Waals surface area contributed by atoms with Crippen LogP contribution in [0.2, 0.25) is 0 Å². The molecule has 1 aliphatic carbocycles. The van der Waals surface area contributed by atoms with Crippen LogP contribution in [0, 0.1) is 5.92 Å². The molecule has 0 aromatic heterocycles. The molecular formula is C16H25N. The maximum atomic E-state index is 6.30. The van der Waals surface area contributed by atoms with Gasteiger partial charge in [-0.25, -0.2) is 0 Å². The van der Waals surface area contributed by atoms with Gasteiger partial charge in [-0.2, -0.15) is 0 Å². The number of nitrogens with two attached hydrogens (primary N) is 1. The van der Waals surface area contributed by atoms with Gasteiger partial charge in [-0.3, -0.25) is 0 Å². The lowest BCUT2D eigenvalue weighted by Crippen LogP contribution is -2.14. The molecule has 0 spiro atoms. The normalized spacial score (nSPS) is 18.5. The van der Waals surface area contributed by atoms with E-state index in [2.05, 4.69) is 31.2 Å². The minimum Gasteiger partial charge on any atom is -0.324 e. The summed E-state index contributed by atoms with van der Waals surface area (Å²) in [5, 5.41) is 0. The van der Waals surface area contributed by atoms with Crippen LogP contribution in [0.25, 0.3) is 0 Å². The highest BCUT2D eigenvalue weighted by atomic mass is 14.6. The van der Waals surface area contributed by atoms with Gasteiger partial charge in [0.05, 0.1) is 0 Å². The zero-order chi connectivity index (χ0) is 12.1. The molecule has 1 heteroatoms. The summed E-state index contributed by atoms with van der Waals surface area (Å²) in [6, 6.07) is 9.18. The van der Waals surface area contributed by atoms with Gasteiger partial charge in [0.25, 0.3) is 0 Å². The summed E-state index contributed by atoms with van der Waals surface area (Å²) >= 11 is 0. The van der Waals surface area contributed by atoms with E-state index in [0.29, 0.717) is 0 Å². The maximum absolute atomic E-state index is 6.30. The average Bonchev–Trinajstić information content (AvgIpc) is 2.83. The predicted octanol–water partition coefficient (Wildman–Crippen LogP) is 4.22. The van der Waals surface area contributed by atoms with E-state index in [4.69, 9.17) is 5.73 Å². The minimum absolute atomic E-state index is 0.244. The quantitative estimate of drug-likeness (QED) is 0.806. The second kappa shape index (κ2) is 6.20. The zero-order valence-corrected chi connectivity index (χ0v) is 11.0. The summed E-state index contributed by atoms with van der Waals surface area (Å²) < 4.78 is 0. The topological polar surface area (TPSA) is 26.0 Å². The monoisotopic (exact) mass is 231 g/mol. The van der Waals surface area contributed by atoms with Gasteiger partial charge in [0, 0.05) is 6.04 Å². The van der Waals surface area contributed by atoms with Crippen LogP contribution in [0.1, 0.15) is 62.6 Å². The van der Waals surface area contributed by atoms with Gasteiger partial charge in [-0.05, 0) is 29.9 Å². The van der Waals surface area contributed by atoms with Crippen LogP contribution in [0.5, 0.6) is 0 Å². The third-order valence-electron chi connectivity index (χ3n) is 4.01. The highest BCUT2D eigenvalue weighted by molar-refractivity contribution is 5.25. The Morgan fingerprint density at radius 2 is 1.82 bits per heavy atom. The molecule has 2 rings (SSSR count). The standard InChI is InChI=1S/C16H25N/c1-2-5-13-8-10-15(11-9-13)16(17)12-14-6-3-4-7-14/h8-11,14,16H,2-7,12,17H2,1H3. The first-order valence-electron chi connectivity index (χ1n) is 7.14. The highest BCUT2D eigenvalue weighted by Crippen LogP contribution is 2.32. The second-order valence-corrected chi connectivity index (χ2v) is 5.48. The van der Waals surface area contributed by atoms with E-state index in [-0.39, 0.29) is 6.04 Å². The van der Waals surface area contributed by atoms with Gasteiger partial charge in [0.2, 0.25) is 0 Å². The van der Waals surface area contributed by atoms with Crippen molar-refractivity contribution >= 4 is 0 Å². The number of hydrogen-bond acceptors (Lipinski definition) is 1. The lowest BCUT2D eigenvalue weighted by molar-refractivity contribution is 0.451. The SMILES string of the molecule is CCCc1ccc(C(N)CC2CCCC2)cc1. The highest BCUT2D eigenvalue weighted by Gasteiger charge is 2.18. The Bertz CT molecular complexity index is 322. The molecular weight excluding hydrogens is 206 g/mol. The molecule has 1 unspecified atom stereocenters. The molecule has 0 amide bonds. The van der Waals surface area contributed by atoms with Crippen molar-refractivity contribution in [3.8, 4) is 0 Å². The zero-order valence-electron chi connectivity index (χ0n) is 11.0. The van der Waals surface area contributed by atoms with Crippen LogP contribution >= 0.6 is 0 Å². The fraction of sp³-hybridized carbons (Fsp3) is 0.625. The third kappa shape index (κ3) is 3.57. The van der Waals surface area contributed by atoms with Crippen molar-refractivity contribution in [2.45, 2.75) is 57.9 Å². The Labute approximate surface area is 105 Å². The van der Waals surface area contributed by atoms with E-state index < -0.39 is 0 Å². The number of rotatable bonds is 5. The van der Waals surface area contributed by atoms with Crippen molar-refractivity contribution < 1.29 is 0 Å². The molecule has 0 bridgehead atoms. The second-order valence-electron chi connectivity index (χ2n) is 5.48. The molecule has 1 nitrogen and oxygen atoms in total. The first-order chi connectivity index (χ1) is 8.29. The van der Waals surface area contributed by atoms with E-state index in [0.717, 1.165) is 5.92 Å². The molecule has 94 valence electrons. The van der Waals surface area contributed by atoms with Crippen LogP contribution in [0.15, 0.2) is 24.3 Å². The molecule has 1 aromatic carbocycles. The molecule has 0 radical (unpaired) electrons. The first kappa shape index (κ1) is 12.6. The molecule has 1 atom stereocenters. The van der Waals surface area contributed by atoms with E-state index in [9.17, 15) is 0 Å². The van der Waals surface area contributed by atoms with Crippen molar-refractivity contribution in [3.05, 3.63) is 35.4 Å². The largest absolute Gasteiger partial charge is 0.324 e. The number of aryl methyl sites for hydroxylation is 1. The van der Waals surface area contributed by atoms with Crippen LogP contribution in [0.4, 0.5) is 0 Å². The fourth-order valence-electron chi connectivity index (χ4n) is 2.96. The minimum atomic E-state index is 0.244. The third-order valence-corrected chi connectivity index (χ3v) is 4.01. The molecule has 2 N–H and O–H groups in total. The van der Waals surface area contributed by atoms with Crippen molar-refractivity contribution in [2.24, 2.45) is 11.7 Å². The molecule has 1 aliphatic rings. The lowest BCUT2D eigenvalue weighted by atomic mass is 9.93. The van der Waals surface area contributed by atoms with Crippen LogP contribution in [-0.4, -0.2) is 0 Å². The molecule has 0 aliphatic heterocycles. The van der Waals surface area contributed by atoms with E-state index in [1.54, 1.807) is 0 Å². The molecule has 0 heterocycles. The van der Waals surface area contributed by atoms with Gasteiger partial charge in [0.1, 0.15) is 0 Å². The van der Waals surface area contributed by atoms with Crippen molar-refractivity contribution in [3.63, 3.8) is 0 Å². The van der Waals surface area contributed by atoms with Gasteiger partial charge < -0.3 is 5.73 Å². The van der Waals surface area contributed by atoms with Gasteiger partial charge >= 0.3 is 0 Å². The Balaban J connectivity index is 1.91. The summed E-state index contributed by atoms with van der Waals surface area (Å²) in [6.07, 6.45) is 9.17. The Morgan fingerprint density at radius 3 is 2.41 bits per heavy atom. The summed E-state index contributed by atoms with van der Waals surface area (Å²) in [4.78, 5) is 0. The van der Waals surface area contributed by atoms with Gasteiger partial charge in [-0.15, -0.1) is 0 Å². The molecule has 17 heavy (non-hydrogen) atoms. The smallest absolute Gasteiger partial charge is 0.0297 e. The maximum Gasteiger partial charge on any atom is 0.0297 e. The van der Waals surface area contributed by atoms with Crippen molar-refractivity contribution in [1.29, 1.82) is 0 Å².